The number of imidazole rings is 1. The summed E-state index contributed by atoms with van der Waals surface area (Å²) in [4.78, 5) is 86.9. The zero-order valence-corrected chi connectivity index (χ0v) is 35.6. The molecule has 5 amide bonds. The van der Waals surface area contributed by atoms with Crippen molar-refractivity contribution in [2.45, 2.75) is 77.0 Å². The molecule has 4 aliphatic heterocycles. The number of carbonyl (C=O) groups is 5. The molecule has 1 atom stereocenters. The molecule has 2 saturated heterocycles. The normalized spacial score (nSPS) is 17.8. The molecule has 8 heterocycles. The number of hydrogen-bond donors (Lipinski definition) is 2. The van der Waals surface area contributed by atoms with Crippen molar-refractivity contribution in [3.63, 3.8) is 0 Å². The molecule has 2 aromatic carbocycles. The van der Waals surface area contributed by atoms with Gasteiger partial charge in [0.2, 0.25) is 17.7 Å². The number of nitrogens with one attached hydrogen (secondary N) is 2. The molecule has 4 aliphatic rings. The second kappa shape index (κ2) is 16.9. The summed E-state index contributed by atoms with van der Waals surface area (Å²) in [6, 6.07) is 16.6. The second-order valence-corrected chi connectivity index (χ2v) is 17.6. The molecule has 0 spiro atoms. The van der Waals surface area contributed by atoms with E-state index in [0.717, 1.165) is 98.4 Å². The summed E-state index contributed by atoms with van der Waals surface area (Å²) < 4.78 is 7.99. The monoisotopic (exact) mass is 863 g/mol. The Morgan fingerprint density at radius 2 is 1.73 bits per heavy atom. The number of ether oxygens (including phenoxy) is 1. The van der Waals surface area contributed by atoms with Gasteiger partial charge in [-0.3, -0.25) is 39.3 Å². The predicted octanol–water partition coefficient (Wildman–Crippen LogP) is 5.66. The number of fused-ring (bicyclic) bond motifs is 3. The average Bonchev–Trinajstić information content (AvgIpc) is 4.03. The lowest BCUT2D eigenvalue weighted by atomic mass is 9.99. The Kier molecular flexibility index (Phi) is 10.8. The number of amides is 5. The lowest BCUT2D eigenvalue weighted by molar-refractivity contribution is -0.137. The molecule has 10 rings (SSSR count). The van der Waals surface area contributed by atoms with Crippen LogP contribution in [0, 0.1) is 0 Å². The van der Waals surface area contributed by atoms with Crippen LogP contribution in [-0.2, 0) is 45.2 Å². The average molecular weight is 864 g/mol. The Bertz CT molecular complexity index is 2810. The first-order valence-electron chi connectivity index (χ1n) is 21.5. The quantitative estimate of drug-likeness (QED) is 0.129. The van der Waals surface area contributed by atoms with Gasteiger partial charge >= 0.3 is 0 Å². The molecule has 2 N–H and O–H groups in total. The van der Waals surface area contributed by atoms with Gasteiger partial charge in [0.25, 0.3) is 11.8 Å². The molecule has 0 aliphatic carbocycles. The Hall–Kier alpha value is -6.65. The van der Waals surface area contributed by atoms with Gasteiger partial charge in [0.05, 0.1) is 23.6 Å². The van der Waals surface area contributed by atoms with Crippen molar-refractivity contribution < 1.29 is 28.7 Å². The van der Waals surface area contributed by atoms with E-state index in [1.165, 1.54) is 0 Å². The van der Waals surface area contributed by atoms with Crippen LogP contribution in [0.5, 0.6) is 0 Å². The van der Waals surface area contributed by atoms with Crippen LogP contribution in [0.1, 0.15) is 87.8 Å². The van der Waals surface area contributed by atoms with E-state index in [1.54, 1.807) is 41.5 Å². The van der Waals surface area contributed by atoms with Gasteiger partial charge in [-0.15, -0.1) is 11.3 Å². The largest absolute Gasteiger partial charge is 0.381 e. The maximum atomic E-state index is 13.3. The van der Waals surface area contributed by atoms with Gasteiger partial charge in [-0.2, -0.15) is 0 Å². The van der Waals surface area contributed by atoms with Crippen LogP contribution in [0.2, 0.25) is 0 Å². The first-order valence-corrected chi connectivity index (χ1v) is 22.3. The Morgan fingerprint density at radius 1 is 0.905 bits per heavy atom. The SMILES string of the molecule is CC(=O)N1CCn2c(C3CCOCC3)nc(-c3cccc4cc(-c5ccc(C(=O)NCCCc6cnc(-c7cccc8c7CN(C7CCC(=O)NC7=O)C8=O)s6)nc5)ncc34)c2C1. The zero-order chi connectivity index (χ0) is 43.2. The number of thiazole rings is 1. The van der Waals surface area contributed by atoms with Crippen LogP contribution in [0.15, 0.2) is 73.2 Å². The molecule has 15 nitrogen and oxygen atoms in total. The molecule has 2 fully saturated rings. The molecule has 6 aromatic rings. The summed E-state index contributed by atoms with van der Waals surface area (Å²) in [5, 5.41) is 8.09. The fourth-order valence-corrected chi connectivity index (χ4v) is 10.3. The number of benzene rings is 2. The number of nitrogens with zero attached hydrogens (tertiary/aromatic N) is 7. The van der Waals surface area contributed by atoms with Crippen LogP contribution in [0.3, 0.4) is 0 Å². The minimum Gasteiger partial charge on any atom is -0.381 e. The van der Waals surface area contributed by atoms with Crippen molar-refractivity contribution in [2.24, 2.45) is 0 Å². The van der Waals surface area contributed by atoms with Crippen molar-refractivity contribution in [2.75, 3.05) is 26.3 Å². The van der Waals surface area contributed by atoms with Crippen molar-refractivity contribution in [3.05, 3.63) is 106 Å². The third-order valence-corrected chi connectivity index (χ3v) is 13.7. The summed E-state index contributed by atoms with van der Waals surface area (Å²) in [7, 11) is 0. The van der Waals surface area contributed by atoms with E-state index < -0.39 is 11.9 Å². The number of pyridine rings is 2. The smallest absolute Gasteiger partial charge is 0.269 e. The van der Waals surface area contributed by atoms with Gasteiger partial charge in [-0.1, -0.05) is 30.3 Å². The Morgan fingerprint density at radius 3 is 2.54 bits per heavy atom. The van der Waals surface area contributed by atoms with Gasteiger partial charge < -0.3 is 24.4 Å². The van der Waals surface area contributed by atoms with Crippen LogP contribution in [0.25, 0.3) is 43.9 Å². The van der Waals surface area contributed by atoms with Gasteiger partial charge in [0.1, 0.15) is 22.6 Å². The van der Waals surface area contributed by atoms with E-state index in [0.29, 0.717) is 56.1 Å². The number of imide groups is 1. The fourth-order valence-electron chi connectivity index (χ4n) is 9.25. The number of rotatable bonds is 10. The lowest BCUT2D eigenvalue weighted by Gasteiger charge is -2.30. The molecule has 0 saturated carbocycles. The van der Waals surface area contributed by atoms with Gasteiger partial charge in [0.15, 0.2) is 0 Å². The number of aromatic nitrogens is 5. The molecule has 63 heavy (non-hydrogen) atoms. The topological polar surface area (TPSA) is 182 Å². The van der Waals surface area contributed by atoms with Crippen molar-refractivity contribution in [3.8, 4) is 33.1 Å². The van der Waals surface area contributed by atoms with Gasteiger partial charge in [-0.05, 0) is 67.3 Å². The predicted molar refractivity (Wildman–Crippen MR) is 234 cm³/mol. The van der Waals surface area contributed by atoms with E-state index >= 15 is 0 Å². The lowest BCUT2D eigenvalue weighted by Crippen LogP contribution is -2.52. The Balaban J connectivity index is 0.776. The van der Waals surface area contributed by atoms with E-state index in [2.05, 4.69) is 37.3 Å². The summed E-state index contributed by atoms with van der Waals surface area (Å²) in [5.41, 5.74) is 7.00. The van der Waals surface area contributed by atoms with E-state index in [4.69, 9.17) is 14.7 Å². The Labute approximate surface area is 366 Å². The van der Waals surface area contributed by atoms with Gasteiger partial charge in [-0.25, -0.2) is 9.97 Å². The maximum Gasteiger partial charge on any atom is 0.269 e. The van der Waals surface area contributed by atoms with Gasteiger partial charge in [0, 0.05) is 110 Å². The van der Waals surface area contributed by atoms with E-state index in [9.17, 15) is 24.0 Å². The first-order chi connectivity index (χ1) is 30.7. The molecule has 0 radical (unpaired) electrons. The van der Waals surface area contributed by atoms with Crippen LogP contribution < -0.4 is 10.6 Å². The maximum absolute atomic E-state index is 13.3. The van der Waals surface area contributed by atoms with Crippen LogP contribution >= 0.6 is 11.3 Å². The molecule has 16 heteroatoms. The highest BCUT2D eigenvalue weighted by Crippen LogP contribution is 2.39. The van der Waals surface area contributed by atoms with E-state index in [1.807, 2.05) is 47.6 Å². The number of aryl methyl sites for hydroxylation is 1. The fraction of sp³-hybridized carbons (Fsp3) is 0.340. The van der Waals surface area contributed by atoms with Crippen molar-refractivity contribution in [1.82, 2.24) is 44.9 Å². The molecular weight excluding hydrogens is 819 g/mol. The minimum atomic E-state index is -0.679. The highest BCUT2D eigenvalue weighted by Gasteiger charge is 2.40. The summed E-state index contributed by atoms with van der Waals surface area (Å²) >= 11 is 1.54. The second-order valence-electron chi connectivity index (χ2n) is 16.5. The molecule has 0 bridgehead atoms. The number of carbonyl (C=O) groups excluding carboxylic acids is 5. The molecular formula is C47H45N9O6S. The highest BCUT2D eigenvalue weighted by atomic mass is 32.1. The highest BCUT2D eigenvalue weighted by molar-refractivity contribution is 7.15. The van der Waals surface area contributed by atoms with Crippen LogP contribution in [0.4, 0.5) is 0 Å². The summed E-state index contributed by atoms with van der Waals surface area (Å²) in [5.74, 6) is 0.213. The number of hydrogen-bond acceptors (Lipinski definition) is 11. The first kappa shape index (κ1) is 40.4. The summed E-state index contributed by atoms with van der Waals surface area (Å²) in [6.45, 7) is 5.70. The third-order valence-electron chi connectivity index (χ3n) is 12.6. The molecule has 4 aromatic heterocycles. The standard InChI is InChI=1S/C47H45N9O6S/c1-27(57)54-17-18-55-40(26-54)42(53-43(55)28-14-19-62-20-15-28)32-7-2-5-29-21-38(50-24-35(29)32)30-10-11-37(49-22-30)44(59)48-16-4-6-31-23-51-46(63-31)33-8-3-9-34-36(33)25-56(47(34)61)39-12-13-41(58)52-45(39)60/h2-3,5,7-11,21-24,28,39H,4,6,12-20,25-26H2,1H3,(H,48,59)(H,52,58,60). The van der Waals surface area contributed by atoms with E-state index in [-0.39, 0.29) is 36.6 Å². The molecule has 320 valence electrons. The zero-order valence-electron chi connectivity index (χ0n) is 34.8. The molecule has 1 unspecified atom stereocenters. The summed E-state index contributed by atoms with van der Waals surface area (Å²) in [6.07, 6.45) is 9.14. The number of piperidine rings is 1. The van der Waals surface area contributed by atoms with Crippen LogP contribution in [-0.4, -0.2) is 96.2 Å². The minimum absolute atomic E-state index is 0.0576. The van der Waals surface area contributed by atoms with Crippen molar-refractivity contribution >= 4 is 51.6 Å². The van der Waals surface area contributed by atoms with Crippen molar-refractivity contribution in [1.29, 1.82) is 0 Å². The third kappa shape index (κ3) is 7.77.